The van der Waals surface area contributed by atoms with Gasteiger partial charge in [0.25, 0.3) is 0 Å². The van der Waals surface area contributed by atoms with E-state index in [1.807, 2.05) is 30.3 Å². The van der Waals surface area contributed by atoms with Gasteiger partial charge in [-0.15, -0.1) is 0 Å². The normalized spacial score (nSPS) is 10.2. The average Bonchev–Trinajstić information content (AvgIpc) is 2.90. The van der Waals surface area contributed by atoms with Crippen molar-refractivity contribution in [3.63, 3.8) is 0 Å². The molecule has 5 nitrogen and oxygen atoms in total. The Morgan fingerprint density at radius 3 is 1.34 bits per heavy atom. The molecule has 3 N–H and O–H groups in total. The van der Waals surface area contributed by atoms with Gasteiger partial charge in [-0.1, -0.05) is 122 Å². The molecule has 0 aliphatic carbocycles. The van der Waals surface area contributed by atoms with Crippen LogP contribution in [0.25, 0.3) is 0 Å². The van der Waals surface area contributed by atoms with Gasteiger partial charge in [0.1, 0.15) is 5.75 Å². The van der Waals surface area contributed by atoms with Crippen molar-refractivity contribution in [3.8, 4) is 5.75 Å². The molecule has 5 heteroatoms. The van der Waals surface area contributed by atoms with Gasteiger partial charge in [-0.25, -0.2) is 0 Å². The van der Waals surface area contributed by atoms with Crippen LogP contribution in [0.15, 0.2) is 30.3 Å². The smallest absolute Gasteiger partial charge is 0.119 e. The Labute approximate surface area is 217 Å². The largest absolute Gasteiger partial charge is 0.494 e. The van der Waals surface area contributed by atoms with E-state index in [0.717, 1.165) is 25.4 Å². The van der Waals surface area contributed by atoms with Crippen molar-refractivity contribution in [1.82, 2.24) is 0 Å². The van der Waals surface area contributed by atoms with E-state index in [0.29, 0.717) is 6.61 Å². The Kier molecular flexibility index (Phi) is 36.0. The minimum absolute atomic E-state index is 0.125. The molecule has 208 valence electrons. The van der Waals surface area contributed by atoms with Gasteiger partial charge in [0, 0.05) is 6.61 Å². The molecule has 0 unspecified atom stereocenters. The maximum absolute atomic E-state index is 8.50. The lowest BCUT2D eigenvalue weighted by Gasteiger charge is -2.05. The van der Waals surface area contributed by atoms with Crippen molar-refractivity contribution in [1.29, 1.82) is 0 Å². The van der Waals surface area contributed by atoms with Crippen LogP contribution < -0.4 is 4.74 Å². The number of aliphatic hydroxyl groups is 3. The summed E-state index contributed by atoms with van der Waals surface area (Å²) in [6, 6.07) is 10.1. The van der Waals surface area contributed by atoms with Gasteiger partial charge >= 0.3 is 0 Å². The third-order valence-corrected chi connectivity index (χ3v) is 5.49. The van der Waals surface area contributed by atoms with Crippen LogP contribution in [0, 0.1) is 0 Å². The molecule has 0 atom stereocenters. The topological polar surface area (TPSA) is 79.2 Å². The van der Waals surface area contributed by atoms with E-state index in [1.165, 1.54) is 96.3 Å². The zero-order valence-corrected chi connectivity index (χ0v) is 23.1. The fraction of sp³-hybridized carbons (Fsp3) is 0.800. The second kappa shape index (κ2) is 35.0. The summed E-state index contributed by atoms with van der Waals surface area (Å²) >= 11 is 0. The predicted molar refractivity (Wildman–Crippen MR) is 149 cm³/mol. The summed E-state index contributed by atoms with van der Waals surface area (Å²) in [6.45, 7) is 6.58. The molecular weight excluding hydrogens is 440 g/mol. The highest BCUT2D eigenvalue weighted by Gasteiger charge is 1.94. The molecule has 0 spiro atoms. The van der Waals surface area contributed by atoms with E-state index in [9.17, 15) is 0 Å². The van der Waals surface area contributed by atoms with Gasteiger partial charge < -0.3 is 24.8 Å². The van der Waals surface area contributed by atoms with Crippen molar-refractivity contribution >= 4 is 0 Å². The van der Waals surface area contributed by atoms with E-state index in [1.54, 1.807) is 0 Å². The summed E-state index contributed by atoms with van der Waals surface area (Å²) in [5.41, 5.74) is 0. The minimum Gasteiger partial charge on any atom is -0.494 e. The fourth-order valence-electron chi connectivity index (χ4n) is 3.45. The Hall–Kier alpha value is -1.14. The highest BCUT2D eigenvalue weighted by atomic mass is 16.5. The van der Waals surface area contributed by atoms with Crippen LogP contribution >= 0.6 is 0 Å². The molecule has 0 aliphatic rings. The Balaban J connectivity index is 0. The minimum atomic E-state index is -0.125. The van der Waals surface area contributed by atoms with Crippen LogP contribution in [-0.2, 0) is 4.74 Å². The molecule has 1 aromatic rings. The predicted octanol–water partition coefficient (Wildman–Crippen LogP) is 7.31. The molecule has 1 aromatic carbocycles. The Bertz CT molecular complexity index is 439. The van der Waals surface area contributed by atoms with Crippen LogP contribution in [0.2, 0.25) is 0 Å². The lowest BCUT2D eigenvalue weighted by atomic mass is 10.1. The Morgan fingerprint density at radius 2 is 0.914 bits per heavy atom. The zero-order valence-electron chi connectivity index (χ0n) is 23.1. The van der Waals surface area contributed by atoms with E-state index in [2.05, 4.69) is 13.8 Å². The third kappa shape index (κ3) is 35.1. The first-order valence-electron chi connectivity index (χ1n) is 14.3. The van der Waals surface area contributed by atoms with Crippen LogP contribution in [0.1, 0.15) is 117 Å². The SMILES string of the molecule is CCCCCCCCCCCCOCCO.CCCCCCCCOc1ccccc1.OCCO. The van der Waals surface area contributed by atoms with Crippen LogP contribution in [0.3, 0.4) is 0 Å². The van der Waals surface area contributed by atoms with E-state index >= 15 is 0 Å². The van der Waals surface area contributed by atoms with E-state index < -0.39 is 0 Å². The first-order valence-corrected chi connectivity index (χ1v) is 14.3. The van der Waals surface area contributed by atoms with E-state index in [-0.39, 0.29) is 19.8 Å². The summed E-state index contributed by atoms with van der Waals surface area (Å²) in [4.78, 5) is 0. The van der Waals surface area contributed by atoms with Crippen molar-refractivity contribution in [2.45, 2.75) is 117 Å². The highest BCUT2D eigenvalue weighted by Crippen LogP contribution is 2.11. The molecule has 0 heterocycles. The molecule has 0 amide bonds. The molecule has 0 saturated carbocycles. The fourth-order valence-corrected chi connectivity index (χ4v) is 3.45. The number of ether oxygens (including phenoxy) is 2. The van der Waals surface area contributed by atoms with Crippen LogP contribution in [-0.4, -0.2) is 55.0 Å². The van der Waals surface area contributed by atoms with Crippen LogP contribution in [0.5, 0.6) is 5.75 Å². The van der Waals surface area contributed by atoms with Gasteiger partial charge in [-0.2, -0.15) is 0 Å². The van der Waals surface area contributed by atoms with E-state index in [4.69, 9.17) is 24.8 Å². The van der Waals surface area contributed by atoms with Gasteiger partial charge in [0.05, 0.1) is 33.0 Å². The average molecular weight is 499 g/mol. The molecule has 0 fully saturated rings. The number of benzene rings is 1. The number of unbranched alkanes of at least 4 members (excludes halogenated alkanes) is 14. The Morgan fingerprint density at radius 1 is 0.486 bits per heavy atom. The molecule has 0 aliphatic heterocycles. The van der Waals surface area contributed by atoms with Gasteiger partial charge in [-0.05, 0) is 25.0 Å². The maximum Gasteiger partial charge on any atom is 0.119 e. The van der Waals surface area contributed by atoms with Crippen molar-refractivity contribution in [2.24, 2.45) is 0 Å². The third-order valence-electron chi connectivity index (χ3n) is 5.49. The second-order valence-corrected chi connectivity index (χ2v) is 8.89. The highest BCUT2D eigenvalue weighted by molar-refractivity contribution is 5.20. The number of rotatable bonds is 22. The lowest BCUT2D eigenvalue weighted by Crippen LogP contribution is -2.00. The second-order valence-electron chi connectivity index (χ2n) is 8.89. The van der Waals surface area contributed by atoms with Crippen LogP contribution in [0.4, 0.5) is 0 Å². The summed E-state index contributed by atoms with van der Waals surface area (Å²) in [5.74, 6) is 0.992. The van der Waals surface area contributed by atoms with Crippen molar-refractivity contribution in [3.05, 3.63) is 30.3 Å². The number of aliphatic hydroxyl groups excluding tert-OH is 3. The van der Waals surface area contributed by atoms with Crippen molar-refractivity contribution in [2.75, 3.05) is 39.6 Å². The molecule has 35 heavy (non-hydrogen) atoms. The first kappa shape index (κ1) is 36.0. The molecular formula is C30H58O5. The molecule has 0 aromatic heterocycles. The monoisotopic (exact) mass is 498 g/mol. The number of hydrogen-bond donors (Lipinski definition) is 3. The summed E-state index contributed by atoms with van der Waals surface area (Å²) in [7, 11) is 0. The quantitative estimate of drug-likeness (QED) is 0.146. The molecule has 0 bridgehead atoms. The lowest BCUT2D eigenvalue weighted by molar-refractivity contribution is 0.0895. The van der Waals surface area contributed by atoms with Crippen molar-refractivity contribution < 1.29 is 24.8 Å². The number of hydrogen-bond acceptors (Lipinski definition) is 5. The molecule has 0 radical (unpaired) electrons. The summed E-state index contributed by atoms with van der Waals surface area (Å²) in [5, 5.41) is 23.8. The van der Waals surface area contributed by atoms with Gasteiger partial charge in [0.2, 0.25) is 0 Å². The zero-order chi connectivity index (χ0) is 26.1. The number of para-hydroxylation sites is 1. The first-order chi connectivity index (χ1) is 17.3. The van der Waals surface area contributed by atoms with Gasteiger partial charge in [0.15, 0.2) is 0 Å². The summed E-state index contributed by atoms with van der Waals surface area (Å²) in [6.07, 6.45) is 21.5. The van der Waals surface area contributed by atoms with Gasteiger partial charge in [-0.3, -0.25) is 0 Å². The molecule has 0 saturated heterocycles. The summed E-state index contributed by atoms with van der Waals surface area (Å²) < 4.78 is 10.8. The molecule has 1 rings (SSSR count). The maximum atomic E-state index is 8.50. The standard InChI is InChI=1S/C14H30O2.C14H22O.C2H6O2/c1-2-3-4-5-6-7-8-9-10-11-13-16-14-12-15;1-2-3-4-5-6-10-13-15-14-11-8-7-9-12-14;3-1-2-4/h15H,2-14H2,1H3;7-9,11-12H,2-6,10,13H2,1H3;3-4H,1-2H2.